The van der Waals surface area contributed by atoms with Gasteiger partial charge in [-0.2, -0.15) is 10.2 Å². The van der Waals surface area contributed by atoms with E-state index in [2.05, 4.69) is 10.2 Å². The molecule has 0 amide bonds. The van der Waals surface area contributed by atoms with Crippen LogP contribution < -0.4 is 14.9 Å². The van der Waals surface area contributed by atoms with Crippen molar-refractivity contribution in [1.82, 2.24) is 0 Å². The molecule has 1 aromatic carbocycles. The zero-order valence-corrected chi connectivity index (χ0v) is 16.2. The van der Waals surface area contributed by atoms with Crippen LogP contribution in [-0.4, -0.2) is 43.1 Å². The van der Waals surface area contributed by atoms with Gasteiger partial charge in [-0.3, -0.25) is 0 Å². The summed E-state index contributed by atoms with van der Waals surface area (Å²) in [6, 6.07) is 8.24. The van der Waals surface area contributed by atoms with E-state index < -0.39 is 5.90 Å². The molecule has 0 spiro atoms. The van der Waals surface area contributed by atoms with Crippen molar-refractivity contribution < 1.29 is 14.9 Å². The fourth-order valence-corrected chi connectivity index (χ4v) is 1.99. The Balaban J connectivity index is 0. The minimum absolute atomic E-state index is 0. The first kappa shape index (κ1) is 22.7. The van der Waals surface area contributed by atoms with Crippen molar-refractivity contribution >= 4 is 47.4 Å². The van der Waals surface area contributed by atoms with Gasteiger partial charge in [-0.1, -0.05) is 23.9 Å². The largest absolute Gasteiger partial charge is 4.00 e. The molecule has 0 fully saturated rings. The van der Waals surface area contributed by atoms with Crippen molar-refractivity contribution in [2.24, 2.45) is 10.2 Å². The van der Waals surface area contributed by atoms with E-state index in [1.807, 2.05) is 0 Å². The quantitative estimate of drug-likeness (QED) is 0.246. The molecule has 114 valence electrons. The number of thiophene rings is 1. The molecular weight excluding hydrogens is 407 g/mol. The average molecular weight is 423 g/mol. The number of para-hydroxylation sites is 1. The van der Waals surface area contributed by atoms with Gasteiger partial charge in [-0.05, 0) is 23.1 Å². The minimum atomic E-state index is -0.429. The molecule has 0 bridgehead atoms. The van der Waals surface area contributed by atoms with Crippen molar-refractivity contribution in [2.45, 2.75) is 0 Å². The fraction of sp³-hybridized carbons (Fsp3) is 0.0667. The first-order valence-electron chi connectivity index (χ1n) is 5.38. The summed E-state index contributed by atoms with van der Waals surface area (Å²) in [5, 5.41) is 32.2. The van der Waals surface area contributed by atoms with Crippen molar-refractivity contribution in [3.63, 3.8) is 0 Å². The first-order chi connectivity index (χ1) is 9.22. The zero-order chi connectivity index (χ0) is 13.7. The molecule has 0 radical (unpaired) electrons. The minimum Gasteiger partial charge on any atom is -0.870 e. The fourth-order valence-electron chi connectivity index (χ4n) is 1.39. The van der Waals surface area contributed by atoms with Gasteiger partial charge in [0.25, 0.3) is 0 Å². The summed E-state index contributed by atoms with van der Waals surface area (Å²) >= 11 is 1.29. The third-order valence-electron chi connectivity index (χ3n) is 2.31. The number of nitrogens with zero attached hydrogens (tertiary/aromatic N) is 2. The van der Waals surface area contributed by atoms with Gasteiger partial charge in [-0.15, -0.1) is 11.3 Å². The van der Waals surface area contributed by atoms with Crippen LogP contribution in [0.25, 0.3) is 0 Å². The molecule has 0 aliphatic carbocycles. The smallest absolute Gasteiger partial charge is 0.870 e. The molecule has 0 saturated heterocycles. The summed E-state index contributed by atoms with van der Waals surface area (Å²) in [7, 11) is 1.42. The molecular formula is C15H16N2O3SSn. The first-order valence-corrected chi connectivity index (χ1v) is 6.26. The molecule has 1 heterocycles. The van der Waals surface area contributed by atoms with Gasteiger partial charge in [0.2, 0.25) is 0 Å². The van der Waals surface area contributed by atoms with E-state index in [9.17, 15) is 10.2 Å². The van der Waals surface area contributed by atoms with Crippen LogP contribution in [-0.2, 0) is 0 Å². The van der Waals surface area contributed by atoms with E-state index >= 15 is 0 Å². The number of methoxy groups -OCH3 is 1. The second kappa shape index (κ2) is 11.1. The maximum atomic E-state index is 11.8. The Morgan fingerprint density at radius 2 is 1.95 bits per heavy atom. The maximum Gasteiger partial charge on any atom is 4.00 e. The van der Waals surface area contributed by atoms with Crippen LogP contribution >= 0.6 is 11.3 Å². The summed E-state index contributed by atoms with van der Waals surface area (Å²) < 4.78 is 4.90. The Morgan fingerprint density at radius 1 is 1.23 bits per heavy atom. The molecule has 0 atom stereocenters. The average Bonchev–Trinajstić information content (AvgIpc) is 2.94. The summed E-state index contributed by atoms with van der Waals surface area (Å²) in [5.41, 5.74) is 0.321. The summed E-state index contributed by atoms with van der Waals surface area (Å²) in [6.07, 6.45) is 1.25. The Bertz CT molecular complexity index is 613. The van der Waals surface area contributed by atoms with Gasteiger partial charge >= 0.3 is 23.9 Å². The van der Waals surface area contributed by atoms with Gasteiger partial charge in [-0.25, -0.2) is 0 Å². The normalized spacial score (nSPS) is 10.3. The maximum absolute atomic E-state index is 11.8. The second-order valence-corrected chi connectivity index (χ2v) is 4.45. The SMILES string of the molecule is COc1cccc(/C=N/N=C(\[O-])c2cccs2)c1[O-].[CH3-].[CH3-].[Sn+4]. The number of hydrogen-bond donors (Lipinski definition) is 0. The van der Waals surface area contributed by atoms with Crippen molar-refractivity contribution in [3.05, 3.63) is 61.0 Å². The van der Waals surface area contributed by atoms with Crippen molar-refractivity contribution in [1.29, 1.82) is 0 Å². The van der Waals surface area contributed by atoms with Crippen LogP contribution in [0.2, 0.25) is 0 Å². The molecule has 0 aliphatic heterocycles. The van der Waals surface area contributed by atoms with Crippen molar-refractivity contribution in [3.8, 4) is 11.5 Å². The summed E-state index contributed by atoms with van der Waals surface area (Å²) in [5.74, 6) is -0.484. The van der Waals surface area contributed by atoms with E-state index in [-0.39, 0.29) is 50.3 Å². The van der Waals surface area contributed by atoms with E-state index in [0.29, 0.717) is 10.4 Å². The zero-order valence-electron chi connectivity index (χ0n) is 12.6. The number of hydrogen-bond acceptors (Lipinski definition) is 6. The predicted molar refractivity (Wildman–Crippen MR) is 89.5 cm³/mol. The number of ether oxygens (including phenoxy) is 1. The van der Waals surface area contributed by atoms with E-state index in [1.54, 1.807) is 35.7 Å². The Labute approximate surface area is 152 Å². The van der Waals surface area contributed by atoms with E-state index in [0.717, 1.165) is 0 Å². The van der Waals surface area contributed by atoms with Crippen LogP contribution in [0.4, 0.5) is 0 Å². The molecule has 7 heteroatoms. The Morgan fingerprint density at radius 3 is 2.55 bits per heavy atom. The molecule has 0 saturated carbocycles. The molecule has 5 nitrogen and oxygen atoms in total. The van der Waals surface area contributed by atoms with Gasteiger partial charge in [0.1, 0.15) is 5.75 Å². The molecule has 2 aromatic rings. The molecule has 0 N–H and O–H groups in total. The molecule has 0 unspecified atom stereocenters. The van der Waals surface area contributed by atoms with E-state index in [1.165, 1.54) is 24.7 Å². The third kappa shape index (κ3) is 5.69. The van der Waals surface area contributed by atoms with Crippen LogP contribution in [0.15, 0.2) is 45.9 Å². The van der Waals surface area contributed by atoms with Gasteiger partial charge in [0.15, 0.2) is 0 Å². The van der Waals surface area contributed by atoms with Crippen molar-refractivity contribution in [2.75, 3.05) is 7.11 Å². The second-order valence-electron chi connectivity index (χ2n) is 3.51. The number of benzene rings is 1. The standard InChI is InChI=1S/C13H12N2O3S.2CH3.Sn/c1-18-10-5-2-4-9(12(10)16)8-14-15-13(17)11-6-3-7-19-11;;;/h2-8,16H,1H3,(H,15,17);2*1H3;/q;2*-1;+4/p-2/b14-8+;;;. The van der Waals surface area contributed by atoms with E-state index in [4.69, 9.17) is 4.74 Å². The molecule has 22 heavy (non-hydrogen) atoms. The van der Waals surface area contributed by atoms with Crippen LogP contribution in [0.5, 0.6) is 11.5 Å². The summed E-state index contributed by atoms with van der Waals surface area (Å²) in [4.78, 5) is 0.505. The van der Waals surface area contributed by atoms with Gasteiger partial charge < -0.3 is 29.8 Å². The molecule has 2 rings (SSSR count). The molecule has 1 aromatic heterocycles. The predicted octanol–water partition coefficient (Wildman–Crippen LogP) is 1.49. The monoisotopic (exact) mass is 424 g/mol. The van der Waals surface area contributed by atoms with Crippen LogP contribution in [0, 0.1) is 14.9 Å². The van der Waals surface area contributed by atoms with Gasteiger partial charge in [0, 0.05) is 10.8 Å². The third-order valence-corrected chi connectivity index (χ3v) is 3.16. The Hall–Kier alpha value is -1.54. The summed E-state index contributed by atoms with van der Waals surface area (Å²) in [6.45, 7) is 0. The van der Waals surface area contributed by atoms with Crippen LogP contribution in [0.3, 0.4) is 0 Å². The topological polar surface area (TPSA) is 80.1 Å². The number of rotatable bonds is 4. The van der Waals surface area contributed by atoms with Gasteiger partial charge in [0.05, 0.1) is 13.3 Å². The van der Waals surface area contributed by atoms with Crippen LogP contribution in [0.1, 0.15) is 10.4 Å². The Kier molecular flexibility index (Phi) is 11.5. The molecule has 0 aliphatic rings.